The van der Waals surface area contributed by atoms with Gasteiger partial charge in [0, 0.05) is 18.7 Å². The van der Waals surface area contributed by atoms with Crippen LogP contribution in [0.25, 0.3) is 0 Å². The van der Waals surface area contributed by atoms with E-state index in [1.807, 2.05) is 31.2 Å². The summed E-state index contributed by atoms with van der Waals surface area (Å²) in [5.74, 6) is 0.866. The molecule has 1 atom stereocenters. The summed E-state index contributed by atoms with van der Waals surface area (Å²) in [7, 11) is -2.00. The van der Waals surface area contributed by atoms with Gasteiger partial charge in [-0.05, 0) is 67.5 Å². The monoisotopic (exact) mass is 472 g/mol. The van der Waals surface area contributed by atoms with Gasteiger partial charge in [0.15, 0.2) is 0 Å². The molecule has 0 aromatic heterocycles. The Morgan fingerprint density at radius 1 is 1.03 bits per heavy atom. The third-order valence-electron chi connectivity index (χ3n) is 6.19. The number of hydrogen-bond acceptors (Lipinski definition) is 4. The third-order valence-corrected chi connectivity index (χ3v) is 8.08. The predicted molar refractivity (Wildman–Crippen MR) is 131 cm³/mol. The molecule has 1 aliphatic heterocycles. The van der Waals surface area contributed by atoms with Crippen molar-refractivity contribution in [2.75, 3.05) is 20.2 Å². The van der Waals surface area contributed by atoms with Crippen LogP contribution in [0.3, 0.4) is 0 Å². The number of carbonyl (C=O) groups is 1. The van der Waals surface area contributed by atoms with E-state index in [-0.39, 0.29) is 16.8 Å². The van der Waals surface area contributed by atoms with Gasteiger partial charge < -0.3 is 10.1 Å². The lowest BCUT2D eigenvalue weighted by atomic mass is 9.96. The first kappa shape index (κ1) is 25.2. The molecule has 1 N–H and O–H groups in total. The zero-order chi connectivity index (χ0) is 24.0. The van der Waals surface area contributed by atoms with Crippen LogP contribution in [-0.2, 0) is 10.0 Å². The highest BCUT2D eigenvalue weighted by Gasteiger charge is 2.27. The molecular formula is C26H36N2O4S. The number of methoxy groups -OCH3 is 1. The van der Waals surface area contributed by atoms with Gasteiger partial charge in [0.2, 0.25) is 10.0 Å². The van der Waals surface area contributed by atoms with Crippen molar-refractivity contribution in [2.45, 2.75) is 63.8 Å². The molecule has 180 valence electrons. The van der Waals surface area contributed by atoms with Crippen LogP contribution in [0, 0.1) is 12.8 Å². The normalized spacial score (nSPS) is 16.3. The Balaban J connectivity index is 1.86. The zero-order valence-corrected chi connectivity index (χ0v) is 21.0. The van der Waals surface area contributed by atoms with Crippen molar-refractivity contribution in [2.24, 2.45) is 5.92 Å². The molecule has 2 aromatic rings. The molecule has 1 aliphatic rings. The number of rotatable bonds is 8. The van der Waals surface area contributed by atoms with Crippen LogP contribution in [0.15, 0.2) is 47.4 Å². The largest absolute Gasteiger partial charge is 0.497 e. The minimum absolute atomic E-state index is 0.185. The summed E-state index contributed by atoms with van der Waals surface area (Å²) >= 11 is 0. The molecule has 1 saturated heterocycles. The van der Waals surface area contributed by atoms with Crippen LogP contribution < -0.4 is 10.1 Å². The quantitative estimate of drug-likeness (QED) is 0.581. The van der Waals surface area contributed by atoms with E-state index in [2.05, 4.69) is 19.2 Å². The Labute approximate surface area is 198 Å². The van der Waals surface area contributed by atoms with Crippen molar-refractivity contribution >= 4 is 15.9 Å². The molecule has 0 bridgehead atoms. The Morgan fingerprint density at radius 3 is 2.24 bits per heavy atom. The molecular weight excluding hydrogens is 436 g/mol. The predicted octanol–water partition coefficient (Wildman–Crippen LogP) is 5.09. The lowest BCUT2D eigenvalue weighted by Crippen LogP contribution is -2.33. The number of amides is 1. The van der Waals surface area contributed by atoms with E-state index < -0.39 is 10.0 Å². The van der Waals surface area contributed by atoms with E-state index in [1.54, 1.807) is 23.5 Å². The molecule has 0 aliphatic carbocycles. The molecule has 0 saturated carbocycles. The maximum absolute atomic E-state index is 13.3. The second-order valence-electron chi connectivity index (χ2n) is 9.22. The average molecular weight is 473 g/mol. The van der Waals surface area contributed by atoms with Gasteiger partial charge in [-0.1, -0.05) is 44.9 Å². The van der Waals surface area contributed by atoms with Gasteiger partial charge in [0.25, 0.3) is 5.91 Å². The zero-order valence-electron chi connectivity index (χ0n) is 20.1. The van der Waals surface area contributed by atoms with Crippen molar-refractivity contribution in [3.8, 4) is 5.75 Å². The van der Waals surface area contributed by atoms with Gasteiger partial charge in [-0.3, -0.25) is 4.79 Å². The molecule has 33 heavy (non-hydrogen) atoms. The van der Waals surface area contributed by atoms with Crippen LogP contribution in [0.4, 0.5) is 0 Å². The van der Waals surface area contributed by atoms with Crippen LogP contribution in [0.1, 0.15) is 73.5 Å². The number of aryl methyl sites for hydroxylation is 1. The summed E-state index contributed by atoms with van der Waals surface area (Å²) in [4.78, 5) is 13.5. The van der Waals surface area contributed by atoms with Crippen molar-refractivity contribution in [1.29, 1.82) is 0 Å². The summed E-state index contributed by atoms with van der Waals surface area (Å²) in [6, 6.07) is 12.4. The molecule has 0 unspecified atom stereocenters. The highest BCUT2D eigenvalue weighted by Crippen LogP contribution is 2.26. The number of sulfonamides is 1. The summed E-state index contributed by atoms with van der Waals surface area (Å²) in [5.41, 5.74) is 2.14. The van der Waals surface area contributed by atoms with E-state index in [9.17, 15) is 13.2 Å². The van der Waals surface area contributed by atoms with Crippen LogP contribution in [-0.4, -0.2) is 38.8 Å². The fourth-order valence-electron chi connectivity index (χ4n) is 4.26. The number of hydrogen-bond donors (Lipinski definition) is 1. The first-order valence-electron chi connectivity index (χ1n) is 11.8. The topological polar surface area (TPSA) is 75.7 Å². The lowest BCUT2D eigenvalue weighted by Gasteiger charge is -2.23. The summed E-state index contributed by atoms with van der Waals surface area (Å²) < 4.78 is 33.3. The van der Waals surface area contributed by atoms with Gasteiger partial charge in [0.1, 0.15) is 5.75 Å². The third kappa shape index (κ3) is 6.36. The minimum atomic E-state index is -3.63. The van der Waals surface area contributed by atoms with Crippen LogP contribution in [0.2, 0.25) is 0 Å². The number of benzene rings is 2. The molecule has 0 spiro atoms. The summed E-state index contributed by atoms with van der Waals surface area (Å²) in [6.07, 6.45) is 4.61. The standard InChI is InChI=1S/C26H36N2O4S/c1-19(2)17-25(21-10-12-22(32-4)13-11-21)27-26(29)24-18-23(14-9-20(24)3)33(30,31)28-15-7-5-6-8-16-28/h9-14,18-19,25H,5-8,15-17H2,1-4H3,(H,27,29)/t25-/m1/s1. The highest BCUT2D eigenvalue weighted by atomic mass is 32.2. The van der Waals surface area contributed by atoms with Gasteiger partial charge in [-0.2, -0.15) is 4.31 Å². The Hall–Kier alpha value is -2.38. The van der Waals surface area contributed by atoms with Gasteiger partial charge in [-0.15, -0.1) is 0 Å². The second-order valence-corrected chi connectivity index (χ2v) is 11.2. The first-order valence-corrected chi connectivity index (χ1v) is 13.2. The Kier molecular flexibility index (Phi) is 8.54. The first-order chi connectivity index (χ1) is 15.7. The second kappa shape index (κ2) is 11.2. The molecule has 6 nitrogen and oxygen atoms in total. The van der Waals surface area contributed by atoms with Crippen molar-refractivity contribution in [1.82, 2.24) is 9.62 Å². The summed E-state index contributed by atoms with van der Waals surface area (Å²) in [5, 5.41) is 3.14. The molecule has 1 heterocycles. The molecule has 1 amide bonds. The Morgan fingerprint density at radius 2 is 1.67 bits per heavy atom. The van der Waals surface area contributed by atoms with E-state index >= 15 is 0 Å². The highest BCUT2D eigenvalue weighted by molar-refractivity contribution is 7.89. The number of ether oxygens (including phenoxy) is 1. The van der Waals surface area contributed by atoms with Crippen molar-refractivity contribution in [3.63, 3.8) is 0 Å². The van der Waals surface area contributed by atoms with E-state index in [1.165, 1.54) is 6.07 Å². The average Bonchev–Trinajstić information content (AvgIpc) is 3.09. The van der Waals surface area contributed by atoms with E-state index in [0.717, 1.165) is 49.0 Å². The minimum Gasteiger partial charge on any atom is -0.497 e. The fourth-order valence-corrected chi connectivity index (χ4v) is 5.80. The Bertz CT molecular complexity index is 1040. The van der Waals surface area contributed by atoms with Gasteiger partial charge in [-0.25, -0.2) is 8.42 Å². The molecule has 7 heteroatoms. The molecule has 2 aromatic carbocycles. The summed E-state index contributed by atoms with van der Waals surface area (Å²) in [6.45, 7) is 7.13. The fraction of sp³-hybridized carbons (Fsp3) is 0.500. The SMILES string of the molecule is COc1ccc([C@@H](CC(C)C)NC(=O)c2cc(S(=O)(=O)N3CCCCCC3)ccc2C)cc1. The smallest absolute Gasteiger partial charge is 0.252 e. The van der Waals surface area contributed by atoms with E-state index in [4.69, 9.17) is 4.74 Å². The van der Waals surface area contributed by atoms with Gasteiger partial charge in [0.05, 0.1) is 18.0 Å². The molecule has 3 rings (SSSR count). The van der Waals surface area contributed by atoms with Crippen molar-refractivity contribution < 1.29 is 17.9 Å². The van der Waals surface area contributed by atoms with Crippen LogP contribution in [0.5, 0.6) is 5.75 Å². The molecule has 1 fully saturated rings. The molecule has 0 radical (unpaired) electrons. The maximum atomic E-state index is 13.3. The van der Waals surface area contributed by atoms with Crippen LogP contribution >= 0.6 is 0 Å². The number of nitrogens with zero attached hydrogens (tertiary/aromatic N) is 1. The maximum Gasteiger partial charge on any atom is 0.252 e. The number of nitrogens with one attached hydrogen (secondary N) is 1. The van der Waals surface area contributed by atoms with E-state index in [0.29, 0.717) is 24.6 Å². The van der Waals surface area contributed by atoms with Gasteiger partial charge >= 0.3 is 0 Å². The van der Waals surface area contributed by atoms with Crippen molar-refractivity contribution in [3.05, 3.63) is 59.2 Å². The number of carbonyl (C=O) groups excluding carboxylic acids is 1. The lowest BCUT2D eigenvalue weighted by molar-refractivity contribution is 0.0931.